The number of hydrogen-bond acceptors (Lipinski definition) is 5. The van der Waals surface area contributed by atoms with Gasteiger partial charge in [-0.25, -0.2) is 0 Å². The van der Waals surface area contributed by atoms with Gasteiger partial charge >= 0.3 is 0 Å². The zero-order valence-corrected chi connectivity index (χ0v) is 16.6. The van der Waals surface area contributed by atoms with Crippen LogP contribution in [-0.4, -0.2) is 34.2 Å². The highest BCUT2D eigenvalue weighted by Gasteiger charge is 2.10. The lowest BCUT2D eigenvalue weighted by Crippen LogP contribution is -2.38. The maximum absolute atomic E-state index is 6.08. The molecule has 0 saturated heterocycles. The summed E-state index contributed by atoms with van der Waals surface area (Å²) in [6, 6.07) is 13.4. The van der Waals surface area contributed by atoms with Crippen molar-refractivity contribution < 1.29 is 4.52 Å². The third-order valence-electron chi connectivity index (χ3n) is 4.00. The number of hydrogen-bond donors (Lipinski definition) is 2. The molecule has 0 fully saturated rings. The predicted octanol–water partition coefficient (Wildman–Crippen LogP) is 3.64. The second kappa shape index (κ2) is 9.85. The minimum atomic E-state index is 0.0671. The number of aromatic nitrogens is 3. The Hall–Kier alpha value is -2.93. The summed E-state index contributed by atoms with van der Waals surface area (Å²) >= 11 is 6.08. The largest absolute Gasteiger partial charge is 0.357 e. The first kappa shape index (κ1) is 19.8. The monoisotopic (exact) mass is 398 g/mol. The molecular formula is C20H23ClN6O. The molecule has 0 aliphatic heterocycles. The summed E-state index contributed by atoms with van der Waals surface area (Å²) in [4.78, 5) is 13.2. The number of benzene rings is 1. The SMILES string of the molecule is CCNC(=NCCc1noc(-c2ccccn2)n1)NC(C)c1cccc(Cl)c1. The minimum absolute atomic E-state index is 0.0671. The molecule has 2 aromatic heterocycles. The summed E-state index contributed by atoms with van der Waals surface area (Å²) in [5.41, 5.74) is 1.76. The first-order chi connectivity index (χ1) is 13.7. The molecule has 0 radical (unpaired) electrons. The smallest absolute Gasteiger partial charge is 0.276 e. The van der Waals surface area contributed by atoms with Crippen molar-refractivity contribution in [3.8, 4) is 11.6 Å². The number of pyridine rings is 1. The molecule has 0 spiro atoms. The highest BCUT2D eigenvalue weighted by molar-refractivity contribution is 6.30. The zero-order valence-electron chi connectivity index (χ0n) is 15.9. The van der Waals surface area contributed by atoms with E-state index >= 15 is 0 Å². The molecule has 1 atom stereocenters. The van der Waals surface area contributed by atoms with E-state index in [-0.39, 0.29) is 6.04 Å². The van der Waals surface area contributed by atoms with Crippen molar-refractivity contribution in [3.63, 3.8) is 0 Å². The molecule has 0 saturated carbocycles. The second-order valence-corrected chi connectivity index (χ2v) is 6.60. The Morgan fingerprint density at radius 1 is 1.25 bits per heavy atom. The molecule has 28 heavy (non-hydrogen) atoms. The van der Waals surface area contributed by atoms with Gasteiger partial charge in [0.25, 0.3) is 5.89 Å². The average molecular weight is 399 g/mol. The summed E-state index contributed by atoms with van der Waals surface area (Å²) in [5, 5.41) is 11.4. The van der Waals surface area contributed by atoms with Gasteiger partial charge in [0.05, 0.1) is 6.04 Å². The molecule has 146 valence electrons. The van der Waals surface area contributed by atoms with Crippen molar-refractivity contribution in [1.29, 1.82) is 0 Å². The minimum Gasteiger partial charge on any atom is -0.357 e. The Morgan fingerprint density at radius 3 is 2.89 bits per heavy atom. The van der Waals surface area contributed by atoms with Gasteiger partial charge in [0.2, 0.25) is 0 Å². The van der Waals surface area contributed by atoms with Crippen LogP contribution in [0.1, 0.15) is 31.3 Å². The van der Waals surface area contributed by atoms with Crippen LogP contribution >= 0.6 is 11.6 Å². The topological polar surface area (TPSA) is 88.2 Å². The molecule has 2 heterocycles. The van der Waals surface area contributed by atoms with Crippen LogP contribution in [0.15, 0.2) is 58.2 Å². The Labute approximate surface area is 169 Å². The van der Waals surface area contributed by atoms with Gasteiger partial charge in [0.15, 0.2) is 11.8 Å². The molecule has 0 amide bonds. The Balaban J connectivity index is 1.59. The summed E-state index contributed by atoms with van der Waals surface area (Å²) in [5.74, 6) is 1.74. The van der Waals surface area contributed by atoms with Crippen LogP contribution in [0.25, 0.3) is 11.6 Å². The van der Waals surface area contributed by atoms with Gasteiger partial charge in [0.1, 0.15) is 5.69 Å². The lowest BCUT2D eigenvalue weighted by molar-refractivity contribution is 0.421. The van der Waals surface area contributed by atoms with E-state index < -0.39 is 0 Å². The van der Waals surface area contributed by atoms with E-state index in [1.54, 1.807) is 6.20 Å². The van der Waals surface area contributed by atoms with Crippen LogP contribution in [-0.2, 0) is 6.42 Å². The summed E-state index contributed by atoms with van der Waals surface area (Å²) in [7, 11) is 0. The van der Waals surface area contributed by atoms with Crippen LogP contribution in [0.3, 0.4) is 0 Å². The lowest BCUT2D eigenvalue weighted by atomic mass is 10.1. The maximum atomic E-state index is 6.08. The third-order valence-corrected chi connectivity index (χ3v) is 4.24. The van der Waals surface area contributed by atoms with E-state index in [0.29, 0.717) is 35.4 Å². The van der Waals surface area contributed by atoms with Crippen LogP contribution in [0.2, 0.25) is 5.02 Å². The maximum Gasteiger partial charge on any atom is 0.276 e. The second-order valence-electron chi connectivity index (χ2n) is 6.16. The average Bonchev–Trinajstić information content (AvgIpc) is 3.18. The molecule has 2 N–H and O–H groups in total. The molecule has 3 aromatic rings. The van der Waals surface area contributed by atoms with Crippen LogP contribution in [0.5, 0.6) is 0 Å². The summed E-state index contributed by atoms with van der Waals surface area (Å²) in [6.07, 6.45) is 2.26. The predicted molar refractivity (Wildman–Crippen MR) is 110 cm³/mol. The van der Waals surface area contributed by atoms with Crippen molar-refractivity contribution in [1.82, 2.24) is 25.8 Å². The number of halogens is 1. The fraction of sp³-hybridized carbons (Fsp3) is 0.300. The zero-order chi connectivity index (χ0) is 19.8. The van der Waals surface area contributed by atoms with Gasteiger partial charge in [-0.2, -0.15) is 4.98 Å². The van der Waals surface area contributed by atoms with Crippen molar-refractivity contribution >= 4 is 17.6 Å². The van der Waals surface area contributed by atoms with E-state index in [1.807, 2.05) is 49.4 Å². The number of rotatable bonds is 7. The lowest BCUT2D eigenvalue weighted by Gasteiger charge is -2.18. The molecule has 8 heteroatoms. The molecule has 7 nitrogen and oxygen atoms in total. The molecule has 0 aliphatic rings. The molecule has 1 unspecified atom stereocenters. The van der Waals surface area contributed by atoms with Crippen molar-refractivity contribution in [2.45, 2.75) is 26.3 Å². The van der Waals surface area contributed by atoms with E-state index in [2.05, 4.69) is 37.7 Å². The number of nitrogens with one attached hydrogen (secondary N) is 2. The van der Waals surface area contributed by atoms with Crippen LogP contribution in [0, 0.1) is 0 Å². The van der Waals surface area contributed by atoms with Gasteiger partial charge in [-0.3, -0.25) is 9.98 Å². The van der Waals surface area contributed by atoms with Gasteiger partial charge in [-0.1, -0.05) is 35.0 Å². The van der Waals surface area contributed by atoms with Gasteiger partial charge in [0, 0.05) is 30.7 Å². The highest BCUT2D eigenvalue weighted by Crippen LogP contribution is 2.17. The van der Waals surface area contributed by atoms with Gasteiger partial charge in [-0.05, 0) is 43.7 Å². The van der Waals surface area contributed by atoms with E-state index in [1.165, 1.54) is 0 Å². The Bertz CT molecular complexity index is 912. The van der Waals surface area contributed by atoms with Gasteiger partial charge < -0.3 is 15.2 Å². The van der Waals surface area contributed by atoms with E-state index in [9.17, 15) is 0 Å². The Morgan fingerprint density at radius 2 is 2.14 bits per heavy atom. The summed E-state index contributed by atoms with van der Waals surface area (Å²) < 4.78 is 5.27. The van der Waals surface area contributed by atoms with Crippen molar-refractivity contribution in [2.75, 3.05) is 13.1 Å². The van der Waals surface area contributed by atoms with Crippen LogP contribution < -0.4 is 10.6 Å². The van der Waals surface area contributed by atoms with E-state index in [0.717, 1.165) is 18.1 Å². The fourth-order valence-electron chi connectivity index (χ4n) is 2.60. The number of nitrogens with zero attached hydrogens (tertiary/aromatic N) is 4. The normalized spacial score (nSPS) is 12.6. The fourth-order valence-corrected chi connectivity index (χ4v) is 2.80. The van der Waals surface area contributed by atoms with Crippen molar-refractivity contribution in [3.05, 3.63) is 65.1 Å². The first-order valence-corrected chi connectivity index (χ1v) is 9.58. The number of guanidine groups is 1. The Kier molecular flexibility index (Phi) is 6.97. The quantitative estimate of drug-likeness (QED) is 0.466. The molecule has 1 aromatic carbocycles. The van der Waals surface area contributed by atoms with Gasteiger partial charge in [-0.15, -0.1) is 0 Å². The highest BCUT2D eigenvalue weighted by atomic mass is 35.5. The first-order valence-electron chi connectivity index (χ1n) is 9.20. The molecule has 0 bridgehead atoms. The van der Waals surface area contributed by atoms with E-state index in [4.69, 9.17) is 16.1 Å². The molecule has 3 rings (SSSR count). The number of aliphatic imine (C=N–C) groups is 1. The molecule has 0 aliphatic carbocycles. The van der Waals surface area contributed by atoms with Crippen LogP contribution in [0.4, 0.5) is 0 Å². The third kappa shape index (κ3) is 5.53. The van der Waals surface area contributed by atoms with Crippen molar-refractivity contribution in [2.24, 2.45) is 4.99 Å². The summed E-state index contributed by atoms with van der Waals surface area (Å²) in [6.45, 7) is 5.38. The standard InChI is InChI=1S/C20H23ClN6O/c1-3-22-20(25-14(2)15-7-6-8-16(21)13-15)24-12-10-18-26-19(28-27-18)17-9-4-5-11-23-17/h4-9,11,13-14H,3,10,12H2,1-2H3,(H2,22,24,25). The molecular weight excluding hydrogens is 376 g/mol.